The maximum atomic E-state index is 13.1. The van der Waals surface area contributed by atoms with Gasteiger partial charge in [-0.3, -0.25) is 4.79 Å². The zero-order valence-corrected chi connectivity index (χ0v) is 16.1. The van der Waals surface area contributed by atoms with Crippen molar-refractivity contribution in [2.75, 3.05) is 20.3 Å². The fourth-order valence-corrected chi connectivity index (χ4v) is 4.93. The molecule has 5 nitrogen and oxygen atoms in total. The van der Waals surface area contributed by atoms with Crippen LogP contribution in [0.25, 0.3) is 0 Å². The standard InChI is InChI=1S/C20H23NO4S/c1-19(2)12-20(19,17-5-4-8-26-17)18(22)21-11-13-9-15-16(10-14(13)23-3)25-7-6-24-15/h4-5,8-10H,6-7,11-12H2,1-3H3,(H,21,22). The van der Waals surface area contributed by atoms with Crippen molar-refractivity contribution < 1.29 is 19.0 Å². The number of fused-ring (bicyclic) bond motifs is 1. The second kappa shape index (κ2) is 6.20. The molecule has 1 aromatic heterocycles. The van der Waals surface area contributed by atoms with Crippen molar-refractivity contribution in [3.05, 3.63) is 40.1 Å². The van der Waals surface area contributed by atoms with E-state index >= 15 is 0 Å². The summed E-state index contributed by atoms with van der Waals surface area (Å²) < 4.78 is 16.7. The molecule has 26 heavy (non-hydrogen) atoms. The lowest BCUT2D eigenvalue weighted by Gasteiger charge is -2.22. The van der Waals surface area contributed by atoms with Crippen LogP contribution in [-0.4, -0.2) is 26.2 Å². The molecular formula is C20H23NO4S. The van der Waals surface area contributed by atoms with Gasteiger partial charge in [-0.2, -0.15) is 0 Å². The Hall–Kier alpha value is -2.21. The van der Waals surface area contributed by atoms with Gasteiger partial charge in [0.2, 0.25) is 5.91 Å². The number of methoxy groups -OCH3 is 1. The number of hydrogen-bond acceptors (Lipinski definition) is 5. The SMILES string of the molecule is COc1cc2c(cc1CNC(=O)C1(c3cccs3)CC1(C)C)OCCO2. The van der Waals surface area contributed by atoms with Gasteiger partial charge in [0.05, 0.1) is 12.5 Å². The molecule has 1 amide bonds. The van der Waals surface area contributed by atoms with E-state index in [0.717, 1.165) is 16.9 Å². The van der Waals surface area contributed by atoms with E-state index < -0.39 is 5.41 Å². The first-order valence-electron chi connectivity index (χ1n) is 8.77. The Balaban J connectivity index is 1.55. The lowest BCUT2D eigenvalue weighted by Crippen LogP contribution is -2.37. The monoisotopic (exact) mass is 373 g/mol. The second-order valence-corrected chi connectivity index (χ2v) is 8.38. The number of carbonyl (C=O) groups excluding carboxylic acids is 1. The van der Waals surface area contributed by atoms with E-state index in [-0.39, 0.29) is 11.3 Å². The number of carbonyl (C=O) groups is 1. The molecular weight excluding hydrogens is 350 g/mol. The summed E-state index contributed by atoms with van der Waals surface area (Å²) in [5, 5.41) is 5.15. The van der Waals surface area contributed by atoms with E-state index in [4.69, 9.17) is 14.2 Å². The minimum Gasteiger partial charge on any atom is -0.496 e. The molecule has 1 unspecified atom stereocenters. The lowest BCUT2D eigenvalue weighted by molar-refractivity contribution is -0.124. The Kier molecular flexibility index (Phi) is 4.10. The molecule has 1 fully saturated rings. The third kappa shape index (κ3) is 2.63. The Labute approximate surface area is 157 Å². The molecule has 2 aliphatic rings. The molecule has 1 aliphatic heterocycles. The number of thiophene rings is 1. The zero-order valence-electron chi connectivity index (χ0n) is 15.3. The molecule has 6 heteroatoms. The molecule has 0 bridgehead atoms. The van der Waals surface area contributed by atoms with Crippen molar-refractivity contribution in [3.63, 3.8) is 0 Å². The maximum Gasteiger partial charge on any atom is 0.232 e. The highest BCUT2D eigenvalue weighted by atomic mass is 32.1. The van der Waals surface area contributed by atoms with Gasteiger partial charge in [-0.25, -0.2) is 0 Å². The van der Waals surface area contributed by atoms with Crippen LogP contribution < -0.4 is 19.5 Å². The van der Waals surface area contributed by atoms with Crippen LogP contribution >= 0.6 is 11.3 Å². The Morgan fingerprint density at radius 3 is 2.54 bits per heavy atom. The van der Waals surface area contributed by atoms with Gasteiger partial charge in [0.1, 0.15) is 19.0 Å². The molecule has 2 heterocycles. The van der Waals surface area contributed by atoms with Crippen LogP contribution in [0.4, 0.5) is 0 Å². The average Bonchev–Trinajstić information content (AvgIpc) is 3.01. The maximum absolute atomic E-state index is 13.1. The van der Waals surface area contributed by atoms with Crippen LogP contribution in [-0.2, 0) is 16.8 Å². The largest absolute Gasteiger partial charge is 0.496 e. The molecule has 1 atom stereocenters. The fraction of sp³-hybridized carbons (Fsp3) is 0.450. The van der Waals surface area contributed by atoms with Crippen molar-refractivity contribution in [1.29, 1.82) is 0 Å². The summed E-state index contributed by atoms with van der Waals surface area (Å²) in [6.07, 6.45) is 0.866. The summed E-state index contributed by atoms with van der Waals surface area (Å²) in [5.41, 5.74) is 0.422. The first-order chi connectivity index (χ1) is 12.5. The second-order valence-electron chi connectivity index (χ2n) is 7.43. The van der Waals surface area contributed by atoms with Gasteiger partial charge in [0.25, 0.3) is 0 Å². The number of rotatable bonds is 5. The van der Waals surface area contributed by atoms with Gasteiger partial charge in [0, 0.05) is 23.1 Å². The normalized spacial score (nSPS) is 22.6. The Morgan fingerprint density at radius 2 is 1.96 bits per heavy atom. The van der Waals surface area contributed by atoms with E-state index in [1.165, 1.54) is 0 Å². The van der Waals surface area contributed by atoms with Gasteiger partial charge >= 0.3 is 0 Å². The minimum absolute atomic E-state index is 0.0289. The molecule has 1 aliphatic carbocycles. The van der Waals surface area contributed by atoms with Crippen molar-refractivity contribution in [2.45, 2.75) is 32.2 Å². The van der Waals surface area contributed by atoms with E-state index in [9.17, 15) is 4.79 Å². The van der Waals surface area contributed by atoms with E-state index in [2.05, 4.69) is 25.2 Å². The number of nitrogens with one attached hydrogen (secondary N) is 1. The van der Waals surface area contributed by atoms with Crippen molar-refractivity contribution in [2.24, 2.45) is 5.41 Å². The average molecular weight is 373 g/mol. The smallest absolute Gasteiger partial charge is 0.232 e. The first-order valence-corrected chi connectivity index (χ1v) is 9.65. The summed E-state index contributed by atoms with van der Waals surface area (Å²) in [4.78, 5) is 14.2. The molecule has 1 saturated carbocycles. The predicted molar refractivity (Wildman–Crippen MR) is 100 cm³/mol. The summed E-state index contributed by atoms with van der Waals surface area (Å²) in [7, 11) is 1.62. The van der Waals surface area contributed by atoms with Crippen LogP contribution in [0.1, 0.15) is 30.7 Å². The molecule has 2 aromatic rings. The van der Waals surface area contributed by atoms with Crippen molar-refractivity contribution in [3.8, 4) is 17.2 Å². The number of hydrogen-bond donors (Lipinski definition) is 1. The summed E-state index contributed by atoms with van der Waals surface area (Å²) >= 11 is 1.65. The summed E-state index contributed by atoms with van der Waals surface area (Å²) in [6.45, 7) is 5.75. The molecule has 1 aromatic carbocycles. The third-order valence-electron chi connectivity index (χ3n) is 5.45. The highest BCUT2D eigenvalue weighted by Gasteiger charge is 2.67. The van der Waals surface area contributed by atoms with Crippen LogP contribution in [0.15, 0.2) is 29.6 Å². The molecule has 4 rings (SSSR count). The summed E-state index contributed by atoms with van der Waals surface area (Å²) in [6, 6.07) is 7.78. The quantitative estimate of drug-likeness (QED) is 0.871. The van der Waals surface area contributed by atoms with Gasteiger partial charge in [-0.15, -0.1) is 11.3 Å². The molecule has 1 N–H and O–H groups in total. The van der Waals surface area contributed by atoms with Gasteiger partial charge in [-0.1, -0.05) is 19.9 Å². The van der Waals surface area contributed by atoms with Gasteiger partial charge in [0.15, 0.2) is 11.5 Å². The van der Waals surface area contributed by atoms with Crippen LogP contribution in [0.5, 0.6) is 17.2 Å². The minimum atomic E-state index is -0.428. The van der Waals surface area contributed by atoms with Gasteiger partial charge < -0.3 is 19.5 Å². The molecule has 138 valence electrons. The van der Waals surface area contributed by atoms with E-state index in [1.807, 2.05) is 23.6 Å². The zero-order chi connectivity index (χ0) is 18.4. The first kappa shape index (κ1) is 17.2. The Morgan fingerprint density at radius 1 is 1.27 bits per heavy atom. The summed E-state index contributed by atoms with van der Waals surface area (Å²) in [5.74, 6) is 2.14. The van der Waals surface area contributed by atoms with Crippen LogP contribution in [0.3, 0.4) is 0 Å². The molecule has 0 radical (unpaired) electrons. The number of benzene rings is 1. The Bertz CT molecular complexity index is 831. The topological polar surface area (TPSA) is 56.8 Å². The number of amides is 1. The predicted octanol–water partition coefficient (Wildman–Crippen LogP) is 3.51. The van der Waals surface area contributed by atoms with E-state index in [0.29, 0.717) is 37.0 Å². The molecule has 0 spiro atoms. The van der Waals surface area contributed by atoms with Crippen molar-refractivity contribution >= 4 is 17.2 Å². The highest BCUT2D eigenvalue weighted by molar-refractivity contribution is 7.10. The van der Waals surface area contributed by atoms with Crippen LogP contribution in [0.2, 0.25) is 0 Å². The van der Waals surface area contributed by atoms with Gasteiger partial charge in [-0.05, 0) is 29.3 Å². The third-order valence-corrected chi connectivity index (χ3v) is 6.48. The highest BCUT2D eigenvalue weighted by Crippen LogP contribution is 2.65. The fourth-order valence-electron chi connectivity index (χ4n) is 3.83. The molecule has 0 saturated heterocycles. The van der Waals surface area contributed by atoms with E-state index in [1.54, 1.807) is 18.4 Å². The van der Waals surface area contributed by atoms with Crippen LogP contribution in [0, 0.1) is 5.41 Å². The van der Waals surface area contributed by atoms with Crippen molar-refractivity contribution in [1.82, 2.24) is 5.32 Å². The lowest BCUT2D eigenvalue weighted by atomic mass is 9.93. The number of ether oxygens (including phenoxy) is 3.